The van der Waals surface area contributed by atoms with Gasteiger partial charge in [-0.2, -0.15) is 0 Å². The second kappa shape index (κ2) is 5.17. The van der Waals surface area contributed by atoms with E-state index in [1.54, 1.807) is 18.2 Å². The minimum atomic E-state index is -3.67. The molecule has 1 aromatic rings. The lowest BCUT2D eigenvalue weighted by atomic mass is 10.2. The molecule has 0 radical (unpaired) electrons. The van der Waals surface area contributed by atoms with Gasteiger partial charge in [-0.1, -0.05) is 43.1 Å². The van der Waals surface area contributed by atoms with Gasteiger partial charge < -0.3 is 0 Å². The van der Waals surface area contributed by atoms with Crippen molar-refractivity contribution < 1.29 is 8.42 Å². The van der Waals surface area contributed by atoms with Crippen LogP contribution in [0, 0.1) is 0 Å². The maximum absolute atomic E-state index is 12.1. The van der Waals surface area contributed by atoms with Crippen molar-refractivity contribution in [3.63, 3.8) is 0 Å². The lowest BCUT2D eigenvalue weighted by Crippen LogP contribution is -2.42. The van der Waals surface area contributed by atoms with Crippen molar-refractivity contribution in [1.82, 2.24) is 0 Å². The molecule has 90 valence electrons. The molecule has 1 aromatic carbocycles. The zero-order valence-corrected chi connectivity index (χ0v) is 10.8. The second-order valence-corrected chi connectivity index (χ2v) is 6.81. The molecule has 1 atom stereocenters. The monoisotopic (exact) mass is 261 g/mol. The first kappa shape index (κ1) is 13.5. The number of benzene rings is 1. The van der Waals surface area contributed by atoms with Gasteiger partial charge in [-0.05, 0) is 25.0 Å². The molecule has 0 amide bonds. The number of hydrogen-bond donors (Lipinski definition) is 1. The normalized spacial score (nSPS) is 15.7. The Morgan fingerprint density at radius 2 is 1.88 bits per heavy atom. The van der Waals surface area contributed by atoms with Gasteiger partial charge >= 0.3 is 0 Å². The topological polar surface area (TPSA) is 60.2 Å². The standard InChI is InChI=1S/C11H16ClNO2S/c1-2-3-9-11(12,13)16(14,15)10-7-5-4-6-8-10/h4-8H,2-3,9,13H2,1H3. The van der Waals surface area contributed by atoms with E-state index in [1.807, 2.05) is 6.92 Å². The van der Waals surface area contributed by atoms with Gasteiger partial charge in [0, 0.05) is 0 Å². The highest BCUT2D eigenvalue weighted by Gasteiger charge is 2.38. The molecule has 2 N–H and O–H groups in total. The Bertz CT molecular complexity index is 429. The van der Waals surface area contributed by atoms with Crippen molar-refractivity contribution in [2.75, 3.05) is 0 Å². The number of alkyl halides is 1. The molecule has 1 unspecified atom stereocenters. The second-order valence-electron chi connectivity index (χ2n) is 3.71. The third kappa shape index (κ3) is 2.75. The summed E-state index contributed by atoms with van der Waals surface area (Å²) in [7, 11) is -3.67. The quantitative estimate of drug-likeness (QED) is 0.654. The van der Waals surface area contributed by atoms with E-state index < -0.39 is 14.2 Å². The molecule has 16 heavy (non-hydrogen) atoms. The molecule has 0 spiro atoms. The summed E-state index contributed by atoms with van der Waals surface area (Å²) in [6.45, 7) is 1.96. The van der Waals surface area contributed by atoms with Crippen molar-refractivity contribution in [2.45, 2.75) is 35.4 Å². The smallest absolute Gasteiger partial charge is 0.211 e. The number of hydrogen-bond acceptors (Lipinski definition) is 3. The highest BCUT2D eigenvalue weighted by molar-refractivity contribution is 7.94. The number of sulfone groups is 1. The maximum Gasteiger partial charge on any atom is 0.211 e. The first-order valence-corrected chi connectivity index (χ1v) is 7.05. The molecule has 0 fully saturated rings. The van der Waals surface area contributed by atoms with Gasteiger partial charge in [-0.15, -0.1) is 0 Å². The fourth-order valence-electron chi connectivity index (χ4n) is 1.35. The fraction of sp³-hybridized carbons (Fsp3) is 0.455. The Morgan fingerprint density at radius 1 is 1.31 bits per heavy atom. The Hall–Kier alpha value is -0.580. The third-order valence-electron chi connectivity index (χ3n) is 2.37. The zero-order chi connectivity index (χ0) is 12.2. The lowest BCUT2D eigenvalue weighted by molar-refractivity contribution is 0.550. The van der Waals surface area contributed by atoms with Crippen molar-refractivity contribution in [3.8, 4) is 0 Å². The third-order valence-corrected chi connectivity index (χ3v) is 5.16. The van der Waals surface area contributed by atoms with Crippen LogP contribution in [0.1, 0.15) is 26.2 Å². The van der Waals surface area contributed by atoms with E-state index in [0.717, 1.165) is 6.42 Å². The van der Waals surface area contributed by atoms with E-state index >= 15 is 0 Å². The van der Waals surface area contributed by atoms with E-state index in [2.05, 4.69) is 0 Å². The summed E-state index contributed by atoms with van der Waals surface area (Å²) < 4.78 is 22.5. The summed E-state index contributed by atoms with van der Waals surface area (Å²) in [5, 5.41) is 0. The summed E-state index contributed by atoms with van der Waals surface area (Å²) >= 11 is 5.93. The maximum atomic E-state index is 12.1. The molecule has 0 saturated heterocycles. The number of unbranched alkanes of at least 4 members (excludes halogenated alkanes) is 1. The molecule has 1 rings (SSSR count). The van der Waals surface area contributed by atoms with Crippen LogP contribution in [-0.2, 0) is 9.84 Å². The minimum Gasteiger partial charge on any atom is -0.300 e. The lowest BCUT2D eigenvalue weighted by Gasteiger charge is -2.21. The summed E-state index contributed by atoms with van der Waals surface area (Å²) in [6, 6.07) is 8.06. The fourth-order valence-corrected chi connectivity index (χ4v) is 3.07. The molecule has 0 saturated carbocycles. The van der Waals surface area contributed by atoms with Crippen LogP contribution in [0.25, 0.3) is 0 Å². The molecule has 3 nitrogen and oxygen atoms in total. The molecule has 0 bridgehead atoms. The van der Waals surface area contributed by atoms with E-state index in [-0.39, 0.29) is 11.3 Å². The molecule has 0 heterocycles. The van der Waals surface area contributed by atoms with Crippen LogP contribution < -0.4 is 5.73 Å². The van der Waals surface area contributed by atoms with Crippen LogP contribution in [0.4, 0.5) is 0 Å². The van der Waals surface area contributed by atoms with E-state index in [9.17, 15) is 8.42 Å². The minimum absolute atomic E-state index is 0.170. The molecular formula is C11H16ClNO2S. The van der Waals surface area contributed by atoms with Gasteiger partial charge in [0.25, 0.3) is 0 Å². The Morgan fingerprint density at radius 3 is 2.38 bits per heavy atom. The van der Waals surface area contributed by atoms with Gasteiger partial charge in [0.05, 0.1) is 4.90 Å². The van der Waals surface area contributed by atoms with Crippen LogP contribution in [0.15, 0.2) is 35.2 Å². The summed E-state index contributed by atoms with van der Waals surface area (Å²) in [5.74, 6) is 0. The van der Waals surface area contributed by atoms with Crippen molar-refractivity contribution in [3.05, 3.63) is 30.3 Å². The first-order valence-electron chi connectivity index (χ1n) is 5.19. The largest absolute Gasteiger partial charge is 0.300 e. The SMILES string of the molecule is CCCCC(N)(Cl)S(=O)(=O)c1ccccc1. The zero-order valence-electron chi connectivity index (χ0n) is 9.19. The molecular weight excluding hydrogens is 246 g/mol. The van der Waals surface area contributed by atoms with Crippen LogP contribution in [0.5, 0.6) is 0 Å². The van der Waals surface area contributed by atoms with Crippen LogP contribution in [0.2, 0.25) is 0 Å². The Balaban J connectivity index is 3.02. The Kier molecular flexibility index (Phi) is 4.35. The Labute approximate surface area is 102 Å². The predicted octanol–water partition coefficient (Wildman–Crippen LogP) is 2.50. The predicted molar refractivity (Wildman–Crippen MR) is 65.9 cm³/mol. The highest BCUT2D eigenvalue weighted by Crippen LogP contribution is 2.29. The van der Waals surface area contributed by atoms with Crippen molar-refractivity contribution in [2.24, 2.45) is 5.73 Å². The van der Waals surface area contributed by atoms with Crippen LogP contribution in [0.3, 0.4) is 0 Å². The average Bonchev–Trinajstić information content (AvgIpc) is 2.27. The number of nitrogens with two attached hydrogens (primary N) is 1. The molecule has 5 heteroatoms. The van der Waals surface area contributed by atoms with Gasteiger partial charge in [0.15, 0.2) is 4.33 Å². The van der Waals surface area contributed by atoms with Crippen LogP contribution >= 0.6 is 11.6 Å². The molecule has 0 aliphatic rings. The number of halogens is 1. The first-order chi connectivity index (χ1) is 7.42. The summed E-state index contributed by atoms with van der Waals surface area (Å²) in [5.41, 5.74) is 5.69. The van der Waals surface area contributed by atoms with E-state index in [4.69, 9.17) is 17.3 Å². The van der Waals surface area contributed by atoms with Gasteiger partial charge in [0.1, 0.15) is 0 Å². The van der Waals surface area contributed by atoms with Crippen molar-refractivity contribution in [1.29, 1.82) is 0 Å². The van der Waals surface area contributed by atoms with Gasteiger partial charge in [-0.25, -0.2) is 8.42 Å². The van der Waals surface area contributed by atoms with E-state index in [0.29, 0.717) is 6.42 Å². The van der Waals surface area contributed by atoms with E-state index in [1.165, 1.54) is 12.1 Å². The summed E-state index contributed by atoms with van der Waals surface area (Å²) in [4.78, 5) is 0.170. The van der Waals surface area contributed by atoms with Gasteiger partial charge in [-0.3, -0.25) is 5.73 Å². The van der Waals surface area contributed by atoms with Crippen molar-refractivity contribution >= 4 is 21.4 Å². The molecule has 0 aromatic heterocycles. The van der Waals surface area contributed by atoms with Crippen LogP contribution in [-0.4, -0.2) is 12.7 Å². The highest BCUT2D eigenvalue weighted by atomic mass is 35.5. The average molecular weight is 262 g/mol. The number of rotatable bonds is 5. The van der Waals surface area contributed by atoms with Gasteiger partial charge in [0.2, 0.25) is 9.84 Å². The molecule has 0 aliphatic carbocycles. The summed E-state index contributed by atoms with van der Waals surface area (Å²) in [6.07, 6.45) is 1.80. The molecule has 0 aliphatic heterocycles.